The number of piperidine rings is 1. The van der Waals surface area contributed by atoms with Crippen LogP contribution in [0.5, 0.6) is 5.75 Å². The molecule has 2 heterocycles. The third-order valence-electron chi connectivity index (χ3n) is 4.94. The molecular formula is C19H27N5O4S2. The van der Waals surface area contributed by atoms with Gasteiger partial charge in [-0.1, -0.05) is 11.8 Å². The van der Waals surface area contributed by atoms with Crippen LogP contribution in [0.15, 0.2) is 34.6 Å². The summed E-state index contributed by atoms with van der Waals surface area (Å²) in [6, 6.07) is 4.92. The number of sulfonamides is 1. The van der Waals surface area contributed by atoms with E-state index in [2.05, 4.69) is 20.5 Å². The van der Waals surface area contributed by atoms with Crippen LogP contribution in [-0.2, 0) is 14.8 Å². The first kappa shape index (κ1) is 22.6. The highest BCUT2D eigenvalue weighted by Gasteiger charge is 2.32. The van der Waals surface area contributed by atoms with Crippen molar-refractivity contribution in [1.29, 1.82) is 0 Å². The van der Waals surface area contributed by atoms with E-state index in [4.69, 9.17) is 4.74 Å². The van der Waals surface area contributed by atoms with Crippen LogP contribution >= 0.6 is 11.8 Å². The Kier molecular flexibility index (Phi) is 7.73. The highest BCUT2D eigenvalue weighted by atomic mass is 32.2. The fourth-order valence-corrected chi connectivity index (χ4v) is 5.53. The zero-order chi connectivity index (χ0) is 21.6. The normalized spacial score (nSPS) is 15.8. The van der Waals surface area contributed by atoms with Crippen LogP contribution in [0.1, 0.15) is 25.3 Å². The van der Waals surface area contributed by atoms with Crippen LogP contribution in [0.3, 0.4) is 0 Å². The number of carbonyl (C=O) groups is 1. The molecule has 1 aromatic carbocycles. The first-order valence-corrected chi connectivity index (χ1v) is 12.3. The number of hydrogen-bond donors (Lipinski definition) is 2. The zero-order valence-electron chi connectivity index (χ0n) is 17.1. The van der Waals surface area contributed by atoms with E-state index in [-0.39, 0.29) is 16.7 Å². The minimum Gasteiger partial charge on any atom is -0.494 e. The molecule has 0 unspecified atom stereocenters. The largest absolute Gasteiger partial charge is 0.494 e. The Hall–Kier alpha value is -2.11. The summed E-state index contributed by atoms with van der Waals surface area (Å²) < 4.78 is 32.9. The molecule has 11 heteroatoms. The Morgan fingerprint density at radius 2 is 2.13 bits per heavy atom. The van der Waals surface area contributed by atoms with Crippen LogP contribution in [0.25, 0.3) is 0 Å². The van der Waals surface area contributed by atoms with Gasteiger partial charge in [-0.15, -0.1) is 0 Å². The number of H-pyrrole nitrogens is 1. The summed E-state index contributed by atoms with van der Waals surface area (Å²) >= 11 is 1.48. The number of amides is 1. The monoisotopic (exact) mass is 453 g/mol. The maximum Gasteiger partial charge on any atom is 0.243 e. The third-order valence-corrected chi connectivity index (χ3v) is 7.71. The first-order valence-electron chi connectivity index (χ1n) is 9.91. The highest BCUT2D eigenvalue weighted by molar-refractivity contribution is 7.99. The molecule has 3 rings (SSSR count). The minimum atomic E-state index is -3.58. The standard InChI is InChI=1S/C19H27N5O4S2/c1-3-28-17-5-4-16(12-14(17)2)30(26,27)24-9-6-15(7-10-24)18(25)20-8-11-29-19-21-13-22-23-19/h4-5,12-13,15H,3,6-11H2,1-2H3,(H,20,25)(H,21,22,23). The van der Waals surface area contributed by atoms with Crippen LogP contribution in [-0.4, -0.2) is 65.8 Å². The fraction of sp³-hybridized carbons (Fsp3) is 0.526. The van der Waals surface area contributed by atoms with Crippen LogP contribution in [0, 0.1) is 12.8 Å². The van der Waals surface area contributed by atoms with Crippen molar-refractivity contribution >= 4 is 27.7 Å². The van der Waals surface area contributed by atoms with Crippen LogP contribution < -0.4 is 10.1 Å². The summed E-state index contributed by atoms with van der Waals surface area (Å²) in [6.45, 7) is 5.44. The minimum absolute atomic E-state index is 0.0258. The zero-order valence-corrected chi connectivity index (χ0v) is 18.8. The number of nitrogens with one attached hydrogen (secondary N) is 2. The molecule has 0 spiro atoms. The molecule has 164 valence electrons. The summed E-state index contributed by atoms with van der Waals surface area (Å²) in [5, 5.41) is 10.2. The Labute approximate surface area is 181 Å². The van der Waals surface area contributed by atoms with Gasteiger partial charge in [0, 0.05) is 31.3 Å². The van der Waals surface area contributed by atoms with Gasteiger partial charge in [-0.05, 0) is 50.5 Å². The van der Waals surface area contributed by atoms with Crippen LogP contribution in [0.4, 0.5) is 0 Å². The lowest BCUT2D eigenvalue weighted by molar-refractivity contribution is -0.125. The molecule has 2 N–H and O–H groups in total. The van der Waals surface area contributed by atoms with E-state index in [1.54, 1.807) is 18.2 Å². The second-order valence-corrected chi connectivity index (χ2v) is 9.99. The van der Waals surface area contributed by atoms with Crippen molar-refractivity contribution < 1.29 is 17.9 Å². The maximum absolute atomic E-state index is 13.0. The van der Waals surface area contributed by atoms with Crippen molar-refractivity contribution in [3.05, 3.63) is 30.1 Å². The second-order valence-electron chi connectivity index (χ2n) is 6.97. The molecule has 1 aliphatic heterocycles. The predicted molar refractivity (Wildman–Crippen MR) is 114 cm³/mol. The number of carbonyl (C=O) groups excluding carboxylic acids is 1. The third kappa shape index (κ3) is 5.52. The second kappa shape index (κ2) is 10.3. The lowest BCUT2D eigenvalue weighted by Crippen LogP contribution is -2.43. The van der Waals surface area contributed by atoms with Crippen molar-refractivity contribution in [3.8, 4) is 5.75 Å². The predicted octanol–water partition coefficient (Wildman–Crippen LogP) is 1.82. The van der Waals surface area contributed by atoms with E-state index in [0.29, 0.717) is 55.7 Å². The van der Waals surface area contributed by atoms with Crippen molar-refractivity contribution in [2.24, 2.45) is 5.92 Å². The molecule has 0 aliphatic carbocycles. The van der Waals surface area contributed by atoms with E-state index in [1.807, 2.05) is 13.8 Å². The molecule has 0 saturated carbocycles. The summed E-state index contributed by atoms with van der Waals surface area (Å²) in [6.07, 6.45) is 2.46. The fourth-order valence-electron chi connectivity index (χ4n) is 3.34. The van der Waals surface area contributed by atoms with E-state index in [1.165, 1.54) is 22.4 Å². The number of ether oxygens (including phenoxy) is 1. The van der Waals surface area contributed by atoms with E-state index in [0.717, 1.165) is 5.56 Å². The number of rotatable bonds is 9. The Bertz CT molecular complexity index is 942. The van der Waals surface area contributed by atoms with Gasteiger partial charge in [-0.25, -0.2) is 13.4 Å². The molecule has 9 nitrogen and oxygen atoms in total. The molecule has 2 aromatic rings. The Balaban J connectivity index is 1.49. The van der Waals surface area contributed by atoms with Crippen molar-refractivity contribution in [2.75, 3.05) is 32.0 Å². The van der Waals surface area contributed by atoms with Gasteiger partial charge in [0.2, 0.25) is 15.9 Å². The van der Waals surface area contributed by atoms with Crippen molar-refractivity contribution in [3.63, 3.8) is 0 Å². The number of benzene rings is 1. The summed E-state index contributed by atoms with van der Waals surface area (Å²) in [5.41, 5.74) is 0.787. The molecule has 1 saturated heterocycles. The number of aromatic amines is 1. The average Bonchev–Trinajstić information content (AvgIpc) is 3.26. The number of nitrogens with zero attached hydrogens (tertiary/aromatic N) is 3. The Morgan fingerprint density at radius 1 is 1.37 bits per heavy atom. The number of aryl methyl sites for hydroxylation is 1. The molecule has 0 bridgehead atoms. The molecule has 0 radical (unpaired) electrons. The topological polar surface area (TPSA) is 117 Å². The summed E-state index contributed by atoms with van der Waals surface area (Å²) in [5.74, 6) is 1.18. The lowest BCUT2D eigenvalue weighted by atomic mass is 9.97. The number of hydrogen-bond acceptors (Lipinski definition) is 7. The van der Waals surface area contributed by atoms with Gasteiger partial charge in [0.15, 0.2) is 5.16 Å². The number of thioether (sulfide) groups is 1. The van der Waals surface area contributed by atoms with E-state index in [9.17, 15) is 13.2 Å². The van der Waals surface area contributed by atoms with Crippen molar-refractivity contribution in [2.45, 2.75) is 36.7 Å². The molecule has 30 heavy (non-hydrogen) atoms. The maximum atomic E-state index is 13.0. The lowest BCUT2D eigenvalue weighted by Gasteiger charge is -2.30. The number of aromatic nitrogens is 3. The van der Waals surface area contributed by atoms with Gasteiger partial charge in [-0.2, -0.15) is 9.40 Å². The van der Waals surface area contributed by atoms with Crippen molar-refractivity contribution in [1.82, 2.24) is 24.8 Å². The molecule has 1 aliphatic rings. The molecule has 1 aromatic heterocycles. The average molecular weight is 454 g/mol. The quantitative estimate of drug-likeness (QED) is 0.439. The molecule has 0 atom stereocenters. The van der Waals surface area contributed by atoms with E-state index >= 15 is 0 Å². The first-order chi connectivity index (χ1) is 14.4. The Morgan fingerprint density at radius 3 is 2.77 bits per heavy atom. The molecule has 1 amide bonds. The van der Waals surface area contributed by atoms with Gasteiger partial charge in [0.05, 0.1) is 11.5 Å². The van der Waals surface area contributed by atoms with Gasteiger partial charge in [0.1, 0.15) is 12.1 Å². The van der Waals surface area contributed by atoms with E-state index < -0.39 is 10.0 Å². The smallest absolute Gasteiger partial charge is 0.243 e. The molecule has 1 fully saturated rings. The van der Waals surface area contributed by atoms with Gasteiger partial charge < -0.3 is 10.1 Å². The SMILES string of the molecule is CCOc1ccc(S(=O)(=O)N2CCC(C(=O)NCCSc3ncn[nH]3)CC2)cc1C. The molecular weight excluding hydrogens is 426 g/mol. The summed E-state index contributed by atoms with van der Waals surface area (Å²) in [4.78, 5) is 16.7. The van der Waals surface area contributed by atoms with Crippen LogP contribution in [0.2, 0.25) is 0 Å². The summed E-state index contributed by atoms with van der Waals surface area (Å²) in [7, 11) is -3.58. The van der Waals surface area contributed by atoms with Gasteiger partial charge in [-0.3, -0.25) is 9.89 Å². The highest BCUT2D eigenvalue weighted by Crippen LogP contribution is 2.27. The van der Waals surface area contributed by atoms with Gasteiger partial charge >= 0.3 is 0 Å². The van der Waals surface area contributed by atoms with Gasteiger partial charge in [0.25, 0.3) is 0 Å².